The van der Waals surface area contributed by atoms with Gasteiger partial charge in [0.25, 0.3) is 0 Å². The van der Waals surface area contributed by atoms with Gasteiger partial charge in [-0.1, -0.05) is 0 Å². The monoisotopic (exact) mass is 306 g/mol. The van der Waals surface area contributed by atoms with Gasteiger partial charge in [-0.25, -0.2) is 12.6 Å². The van der Waals surface area contributed by atoms with Crippen molar-refractivity contribution in [1.82, 2.24) is 0 Å². The van der Waals surface area contributed by atoms with Crippen molar-refractivity contribution in [2.24, 2.45) is 0 Å². The minimum absolute atomic E-state index is 0. The minimum Gasteiger partial charge on any atom is -0.750 e. The predicted molar refractivity (Wildman–Crippen MR) is 40.4 cm³/mol. The second-order valence-electron chi connectivity index (χ2n) is 0.651. The van der Waals surface area contributed by atoms with Crippen molar-refractivity contribution < 1.29 is 69.5 Å². The summed E-state index contributed by atoms with van der Waals surface area (Å²) in [5.41, 5.74) is 0. The van der Waals surface area contributed by atoms with Crippen molar-refractivity contribution in [3.05, 3.63) is 0 Å². The molecule has 0 spiro atoms. The third-order valence-corrected chi connectivity index (χ3v) is 0. The largest absolute Gasteiger partial charge is 2.00 e. The summed E-state index contributed by atoms with van der Waals surface area (Å²) in [6.07, 6.45) is 0. The summed E-state index contributed by atoms with van der Waals surface area (Å²) in [5, 5.41) is 0. The molecule has 0 aliphatic rings. The molecule has 14 heavy (non-hydrogen) atoms. The molecule has 0 aromatic rings. The van der Waals surface area contributed by atoms with E-state index in [9.17, 15) is 0 Å². The zero-order valence-electron chi connectivity index (χ0n) is 6.72. The first kappa shape index (κ1) is 30.0. The Morgan fingerprint density at radius 2 is 0.714 bits per heavy atom. The average molecular weight is 306 g/mol. The van der Waals surface area contributed by atoms with Crippen LogP contribution >= 0.6 is 0 Å². The second-order valence-corrected chi connectivity index (χ2v) is 1.95. The van der Waals surface area contributed by atoms with Crippen molar-refractivity contribution in [3.63, 3.8) is 0 Å². The van der Waals surface area contributed by atoms with Gasteiger partial charge >= 0.3 is 67.3 Å². The maximum absolute atomic E-state index is 8.56. The maximum atomic E-state index is 8.56. The summed E-state index contributed by atoms with van der Waals surface area (Å²) in [4.78, 5) is 0. The molecule has 0 heterocycles. The van der Waals surface area contributed by atoms with Crippen LogP contribution in [0.5, 0.6) is 0 Å². The molecule has 3 N–H and O–H groups in total. The second kappa shape index (κ2) is 24.6. The van der Waals surface area contributed by atoms with Crippen molar-refractivity contribution in [3.8, 4) is 0 Å². The van der Waals surface area contributed by atoms with Crippen LogP contribution in [0.1, 0.15) is 0 Å². The fourth-order valence-corrected chi connectivity index (χ4v) is 0. The maximum Gasteiger partial charge on any atom is 2.00 e. The predicted octanol–water partition coefficient (Wildman–Crippen LogP) is -5.36. The van der Waals surface area contributed by atoms with Gasteiger partial charge in [-0.05, 0) is 0 Å². The summed E-state index contributed by atoms with van der Waals surface area (Å²) < 4.78 is 72.2. The molecule has 78 valence electrons. The van der Waals surface area contributed by atoms with E-state index in [1.54, 1.807) is 0 Å². The van der Waals surface area contributed by atoms with Crippen LogP contribution in [0.25, 0.3) is 0 Å². The van der Waals surface area contributed by atoms with E-state index in [1.807, 2.05) is 0 Å². The summed E-state index contributed by atoms with van der Waals surface area (Å²) in [7, 11) is 0. The van der Waals surface area contributed by atoms with E-state index in [1.165, 1.54) is 0 Å². The molecule has 14 heteroatoms. The van der Waals surface area contributed by atoms with E-state index in [4.69, 9.17) is 39.9 Å². The molecule has 3 unspecified atom stereocenters. The van der Waals surface area contributed by atoms with Crippen LogP contribution in [-0.4, -0.2) is 77.7 Å². The van der Waals surface area contributed by atoms with E-state index in [2.05, 4.69) is 0 Å². The summed E-state index contributed by atoms with van der Waals surface area (Å²) in [6, 6.07) is 0. The first-order chi connectivity index (χ1) is 5.20. The molecule has 9 nitrogen and oxygen atoms in total. The number of hydrogen-bond acceptors (Lipinski definition) is 6. The van der Waals surface area contributed by atoms with Gasteiger partial charge in [-0.15, -0.1) is 0 Å². The van der Waals surface area contributed by atoms with Gasteiger partial charge in [0.1, 0.15) is 0 Å². The normalized spacial score (nSPS) is 13.3. The third kappa shape index (κ3) is 430. The Hall–Kier alpha value is 2.47. The zero-order chi connectivity index (χ0) is 10.7. The fourth-order valence-electron chi connectivity index (χ4n) is 0. The molecular formula is H3CaNaO9S3. The first-order valence-corrected chi connectivity index (χ1v) is 4.64. The van der Waals surface area contributed by atoms with Gasteiger partial charge in [0, 0.05) is 0 Å². The fraction of sp³-hybridized carbons (Fsp3) is 0. The molecule has 0 fully saturated rings. The molecule has 0 saturated heterocycles. The Morgan fingerprint density at radius 3 is 0.714 bits per heavy atom. The Balaban J connectivity index is -0.0000000270. The van der Waals surface area contributed by atoms with Crippen molar-refractivity contribution >= 4 is 71.8 Å². The Morgan fingerprint density at radius 1 is 0.714 bits per heavy atom. The van der Waals surface area contributed by atoms with Gasteiger partial charge < -0.3 is 27.3 Å². The average Bonchev–Trinajstić information content (AvgIpc) is 1.54. The Labute approximate surface area is 139 Å². The summed E-state index contributed by atoms with van der Waals surface area (Å²) in [6.45, 7) is 0. The molecule has 0 amide bonds. The Kier molecular flexibility index (Phi) is 52.7. The van der Waals surface area contributed by atoms with Gasteiger partial charge in [0.2, 0.25) is 0 Å². The third-order valence-electron chi connectivity index (χ3n) is 0. The summed E-state index contributed by atoms with van der Waals surface area (Å²) >= 11 is -8.58. The zero-order valence-corrected chi connectivity index (χ0v) is 13.4. The van der Waals surface area contributed by atoms with Crippen molar-refractivity contribution in [2.75, 3.05) is 0 Å². The smallest absolute Gasteiger partial charge is 0.750 e. The van der Waals surface area contributed by atoms with Crippen LogP contribution in [0.3, 0.4) is 0 Å². The molecular weight excluding hydrogens is 303 g/mol. The van der Waals surface area contributed by atoms with Crippen LogP contribution in [0.2, 0.25) is 0 Å². The molecule has 0 aliphatic carbocycles. The quantitative estimate of drug-likeness (QED) is 0.290. The van der Waals surface area contributed by atoms with E-state index in [0.717, 1.165) is 0 Å². The van der Waals surface area contributed by atoms with Gasteiger partial charge in [0.05, 0.1) is 34.1 Å². The van der Waals surface area contributed by atoms with Crippen LogP contribution in [0.4, 0.5) is 0 Å². The SMILES string of the molecule is O=S([O-])O.O=S([O-])O.O=S([O-])O.[Ca+2].[Na+]. The van der Waals surface area contributed by atoms with Gasteiger partial charge in [-0.3, -0.25) is 0 Å². The van der Waals surface area contributed by atoms with Crippen molar-refractivity contribution in [2.45, 2.75) is 0 Å². The molecule has 0 aromatic heterocycles. The molecule has 0 aromatic carbocycles. The van der Waals surface area contributed by atoms with Gasteiger partial charge in [-0.2, -0.15) is 0 Å². The van der Waals surface area contributed by atoms with Crippen LogP contribution in [0.15, 0.2) is 0 Å². The van der Waals surface area contributed by atoms with E-state index in [-0.39, 0.29) is 67.3 Å². The minimum atomic E-state index is -2.86. The van der Waals surface area contributed by atoms with E-state index in [0.29, 0.717) is 0 Å². The van der Waals surface area contributed by atoms with E-state index >= 15 is 0 Å². The number of rotatable bonds is 0. The first-order valence-electron chi connectivity index (χ1n) is 1.55. The molecule has 0 saturated carbocycles. The molecule has 3 atom stereocenters. The molecule has 0 bridgehead atoms. The van der Waals surface area contributed by atoms with Crippen LogP contribution in [-0.2, 0) is 34.1 Å². The topological polar surface area (TPSA) is 181 Å². The van der Waals surface area contributed by atoms with E-state index < -0.39 is 34.1 Å². The molecule has 0 radical (unpaired) electrons. The van der Waals surface area contributed by atoms with Crippen LogP contribution < -0.4 is 29.6 Å². The Bertz CT molecular complexity index is 118. The summed E-state index contributed by atoms with van der Waals surface area (Å²) in [5.74, 6) is 0. The number of hydrogen-bond donors (Lipinski definition) is 3. The van der Waals surface area contributed by atoms with Gasteiger partial charge in [0.15, 0.2) is 0 Å². The standard InChI is InChI=1S/Ca.Na.3H2O3S/c;;3*1-4(2)3/h;;3*(H2,1,2,3)/q+2;+1;;;/p-3. The van der Waals surface area contributed by atoms with Crippen LogP contribution in [0, 0.1) is 0 Å². The van der Waals surface area contributed by atoms with Crippen molar-refractivity contribution in [1.29, 1.82) is 0 Å². The molecule has 0 rings (SSSR count). The molecule has 0 aliphatic heterocycles.